The van der Waals surface area contributed by atoms with Gasteiger partial charge in [-0.25, -0.2) is 23.1 Å². The van der Waals surface area contributed by atoms with E-state index >= 15 is 0 Å². The normalized spacial score (nSPS) is 13.4. The molecule has 3 heterocycles. The van der Waals surface area contributed by atoms with Crippen LogP contribution in [0.3, 0.4) is 0 Å². The Morgan fingerprint density at radius 1 is 1.08 bits per heavy atom. The number of aromatic nitrogens is 4. The topological polar surface area (TPSA) is 108 Å². The first-order valence-electron chi connectivity index (χ1n) is 7.36. The van der Waals surface area contributed by atoms with E-state index in [1.165, 1.54) is 29.2 Å². The summed E-state index contributed by atoms with van der Waals surface area (Å²) in [6.07, 6.45) is 4.56. The summed E-state index contributed by atoms with van der Waals surface area (Å²) in [4.78, 5) is 8.06. The molecule has 1 aliphatic rings. The summed E-state index contributed by atoms with van der Waals surface area (Å²) < 4.78 is 39.9. The van der Waals surface area contributed by atoms with Gasteiger partial charge in [0, 0.05) is 24.5 Å². The molecule has 0 saturated heterocycles. The fourth-order valence-electron chi connectivity index (χ4n) is 2.32. The fourth-order valence-corrected chi connectivity index (χ4v) is 3.33. The monoisotopic (exact) mass is 359 g/mol. The van der Waals surface area contributed by atoms with E-state index in [0.29, 0.717) is 30.5 Å². The maximum atomic E-state index is 12.6. The predicted molar refractivity (Wildman–Crippen MR) is 87.4 cm³/mol. The lowest BCUT2D eigenvalue weighted by atomic mass is 10.3. The molecule has 0 fully saturated rings. The molecule has 2 aromatic heterocycles. The Morgan fingerprint density at radius 2 is 1.92 bits per heavy atom. The minimum absolute atomic E-state index is 0.0519. The summed E-state index contributed by atoms with van der Waals surface area (Å²) in [6.45, 7) is 0.817. The number of hydrogen-bond acceptors (Lipinski definition) is 7. The lowest BCUT2D eigenvalue weighted by molar-refractivity contribution is 0.171. The van der Waals surface area contributed by atoms with Gasteiger partial charge in [0.05, 0.1) is 4.90 Å². The number of ether oxygens (including phenoxy) is 2. The highest BCUT2D eigenvalue weighted by Gasteiger charge is 2.20. The number of nitrogens with zero attached hydrogens (tertiary/aromatic N) is 4. The third-order valence-corrected chi connectivity index (χ3v) is 4.81. The molecule has 1 aromatic carbocycles. The fraction of sp³-hybridized carbons (Fsp3) is 0.133. The van der Waals surface area contributed by atoms with E-state index in [4.69, 9.17) is 9.47 Å². The number of fused-ring (bicyclic) bond motifs is 1. The lowest BCUT2D eigenvalue weighted by Crippen LogP contribution is -2.18. The Hall–Kier alpha value is -3.14. The summed E-state index contributed by atoms with van der Waals surface area (Å²) >= 11 is 0. The molecule has 10 heteroatoms. The van der Waals surface area contributed by atoms with Gasteiger partial charge in [-0.05, 0) is 18.2 Å². The highest BCUT2D eigenvalue weighted by atomic mass is 32.2. The summed E-state index contributed by atoms with van der Waals surface area (Å²) in [6, 6.07) is 7.67. The van der Waals surface area contributed by atoms with E-state index in [1.807, 2.05) is 0 Å². The Balaban J connectivity index is 1.62. The molecule has 0 aliphatic carbocycles. The molecule has 1 N–H and O–H groups in total. The molecule has 0 radical (unpaired) electrons. The first-order valence-corrected chi connectivity index (χ1v) is 8.85. The quantitative estimate of drug-likeness (QED) is 0.746. The Kier molecular flexibility index (Phi) is 3.73. The van der Waals surface area contributed by atoms with Crippen LogP contribution in [0.15, 0.2) is 53.9 Å². The summed E-state index contributed by atoms with van der Waals surface area (Å²) in [7, 11) is -3.84. The summed E-state index contributed by atoms with van der Waals surface area (Å²) in [5, 5.41) is 4.05. The van der Waals surface area contributed by atoms with Gasteiger partial charge in [-0.15, -0.1) is 0 Å². The largest absolute Gasteiger partial charge is 0.486 e. The van der Waals surface area contributed by atoms with E-state index in [-0.39, 0.29) is 10.7 Å². The Labute approximate surface area is 143 Å². The zero-order valence-electron chi connectivity index (χ0n) is 12.9. The maximum absolute atomic E-state index is 12.6. The molecular weight excluding hydrogens is 346 g/mol. The first-order chi connectivity index (χ1) is 12.1. The van der Waals surface area contributed by atoms with Crippen LogP contribution in [0.1, 0.15) is 0 Å². The zero-order valence-corrected chi connectivity index (χ0v) is 13.7. The minimum Gasteiger partial charge on any atom is -0.486 e. The van der Waals surface area contributed by atoms with Crippen molar-refractivity contribution in [3.63, 3.8) is 0 Å². The molecule has 25 heavy (non-hydrogen) atoms. The highest BCUT2D eigenvalue weighted by Crippen LogP contribution is 2.32. The smallest absolute Gasteiger partial charge is 0.263 e. The van der Waals surface area contributed by atoms with Gasteiger partial charge in [-0.1, -0.05) is 0 Å². The van der Waals surface area contributed by atoms with Gasteiger partial charge in [0.15, 0.2) is 17.3 Å². The van der Waals surface area contributed by atoms with E-state index in [0.717, 1.165) is 0 Å². The van der Waals surface area contributed by atoms with Gasteiger partial charge >= 0.3 is 0 Å². The number of rotatable bonds is 4. The van der Waals surface area contributed by atoms with Crippen molar-refractivity contribution in [2.24, 2.45) is 0 Å². The number of nitrogens with one attached hydrogen (secondary N) is 1. The van der Waals surface area contributed by atoms with Crippen molar-refractivity contribution in [1.82, 2.24) is 19.7 Å². The van der Waals surface area contributed by atoms with E-state index in [2.05, 4.69) is 19.8 Å². The molecule has 4 rings (SSSR count). The summed E-state index contributed by atoms with van der Waals surface area (Å²) in [5.74, 6) is 1.50. The van der Waals surface area contributed by atoms with Gasteiger partial charge in [-0.2, -0.15) is 5.10 Å². The predicted octanol–water partition coefficient (Wildman–Crippen LogP) is 1.23. The van der Waals surface area contributed by atoms with Crippen LogP contribution in [0, 0.1) is 0 Å². The molecule has 9 nitrogen and oxygen atoms in total. The molecule has 3 aromatic rings. The van der Waals surface area contributed by atoms with Crippen molar-refractivity contribution < 1.29 is 17.9 Å². The number of sulfonamides is 1. The van der Waals surface area contributed by atoms with Gasteiger partial charge in [0.25, 0.3) is 10.0 Å². The van der Waals surface area contributed by atoms with Crippen LogP contribution in [-0.2, 0) is 10.0 Å². The van der Waals surface area contributed by atoms with Crippen LogP contribution in [0.25, 0.3) is 5.82 Å². The minimum atomic E-state index is -3.84. The highest BCUT2D eigenvalue weighted by molar-refractivity contribution is 7.92. The van der Waals surface area contributed by atoms with Crippen molar-refractivity contribution in [1.29, 1.82) is 0 Å². The average Bonchev–Trinajstić information content (AvgIpc) is 3.16. The Morgan fingerprint density at radius 3 is 2.72 bits per heavy atom. The number of hydrogen-bond donors (Lipinski definition) is 1. The van der Waals surface area contributed by atoms with E-state index in [9.17, 15) is 8.42 Å². The van der Waals surface area contributed by atoms with Crippen LogP contribution in [-0.4, -0.2) is 41.4 Å². The standard InChI is InChI=1S/C15H13N5O4S/c21-25(22,11-2-3-12-13(8-11)24-7-6-23-12)19-14-9-15(17-10-16-14)20-5-1-4-18-20/h1-5,8-10H,6-7H2,(H,16,17,19). The number of anilines is 1. The second-order valence-corrected chi connectivity index (χ2v) is 6.81. The van der Waals surface area contributed by atoms with Crippen molar-refractivity contribution in [2.45, 2.75) is 4.90 Å². The summed E-state index contributed by atoms with van der Waals surface area (Å²) in [5.41, 5.74) is 0. The zero-order chi connectivity index (χ0) is 17.3. The molecule has 128 valence electrons. The first kappa shape index (κ1) is 15.4. The van der Waals surface area contributed by atoms with Crippen LogP contribution >= 0.6 is 0 Å². The third-order valence-electron chi connectivity index (χ3n) is 3.45. The van der Waals surface area contributed by atoms with Crippen molar-refractivity contribution >= 4 is 15.8 Å². The van der Waals surface area contributed by atoms with Gasteiger partial charge < -0.3 is 9.47 Å². The number of benzene rings is 1. The van der Waals surface area contributed by atoms with Gasteiger partial charge in [-0.3, -0.25) is 4.72 Å². The molecule has 0 amide bonds. The van der Waals surface area contributed by atoms with Crippen molar-refractivity contribution in [2.75, 3.05) is 17.9 Å². The average molecular weight is 359 g/mol. The second-order valence-electron chi connectivity index (χ2n) is 5.12. The van der Waals surface area contributed by atoms with E-state index < -0.39 is 10.0 Å². The SMILES string of the molecule is O=S(=O)(Nc1cc(-n2cccn2)ncn1)c1ccc2c(c1)OCCO2. The Bertz CT molecular complexity index is 1000. The van der Waals surface area contributed by atoms with E-state index in [1.54, 1.807) is 24.5 Å². The van der Waals surface area contributed by atoms with Gasteiger partial charge in [0.1, 0.15) is 25.4 Å². The van der Waals surface area contributed by atoms with Gasteiger partial charge in [0.2, 0.25) is 0 Å². The van der Waals surface area contributed by atoms with Crippen LogP contribution in [0.5, 0.6) is 11.5 Å². The molecule has 0 saturated carbocycles. The van der Waals surface area contributed by atoms with Crippen LogP contribution in [0.4, 0.5) is 5.82 Å². The van der Waals surface area contributed by atoms with Crippen molar-refractivity contribution in [3.05, 3.63) is 49.1 Å². The van der Waals surface area contributed by atoms with Crippen molar-refractivity contribution in [3.8, 4) is 17.3 Å². The molecule has 0 bridgehead atoms. The molecule has 0 unspecified atom stereocenters. The second kappa shape index (κ2) is 6.06. The van der Waals surface area contributed by atoms with Crippen LogP contribution < -0.4 is 14.2 Å². The molecular formula is C15H13N5O4S. The lowest BCUT2D eigenvalue weighted by Gasteiger charge is -2.19. The molecule has 0 atom stereocenters. The molecule has 1 aliphatic heterocycles. The maximum Gasteiger partial charge on any atom is 0.263 e. The van der Waals surface area contributed by atoms with Crippen LogP contribution in [0.2, 0.25) is 0 Å². The third kappa shape index (κ3) is 3.11. The molecule has 0 spiro atoms.